The van der Waals surface area contributed by atoms with E-state index in [0.29, 0.717) is 12.0 Å². The zero-order valence-corrected chi connectivity index (χ0v) is 12.0. The molecule has 0 bridgehead atoms. The Morgan fingerprint density at radius 2 is 2.17 bits per heavy atom. The molecule has 2 unspecified atom stereocenters. The first-order valence-corrected chi connectivity index (χ1v) is 7.35. The molecule has 0 aliphatic rings. The van der Waals surface area contributed by atoms with Crippen molar-refractivity contribution < 1.29 is 0 Å². The fourth-order valence-corrected chi connectivity index (χ4v) is 3.17. The van der Waals surface area contributed by atoms with Crippen LogP contribution >= 0.6 is 11.3 Å². The standard InChI is InChI=1S/C15H20N2S/c1-4-16-15(13-10-18-9-11(13)2)12(3)14-7-5-6-8-17-14/h5-10,12,15-16H,4H2,1-3H3. The number of hydrogen-bond acceptors (Lipinski definition) is 3. The van der Waals surface area contributed by atoms with Crippen LogP contribution in [-0.2, 0) is 0 Å². The number of nitrogens with one attached hydrogen (secondary N) is 1. The Morgan fingerprint density at radius 3 is 2.72 bits per heavy atom. The van der Waals surface area contributed by atoms with Gasteiger partial charge in [-0.15, -0.1) is 0 Å². The average molecular weight is 260 g/mol. The van der Waals surface area contributed by atoms with Gasteiger partial charge in [0.2, 0.25) is 0 Å². The lowest BCUT2D eigenvalue weighted by Crippen LogP contribution is -2.26. The average Bonchev–Trinajstić information content (AvgIpc) is 2.82. The molecule has 0 aliphatic carbocycles. The molecule has 18 heavy (non-hydrogen) atoms. The predicted octanol–water partition coefficient (Wildman–Crippen LogP) is 3.91. The number of rotatable bonds is 5. The van der Waals surface area contributed by atoms with Crippen molar-refractivity contribution in [1.29, 1.82) is 0 Å². The van der Waals surface area contributed by atoms with Crippen LogP contribution in [0.1, 0.15) is 42.6 Å². The van der Waals surface area contributed by atoms with E-state index in [1.165, 1.54) is 11.1 Å². The molecule has 2 atom stereocenters. The summed E-state index contributed by atoms with van der Waals surface area (Å²) in [5.74, 6) is 0.374. The van der Waals surface area contributed by atoms with Crippen molar-refractivity contribution in [2.75, 3.05) is 6.54 Å². The van der Waals surface area contributed by atoms with Crippen molar-refractivity contribution in [2.24, 2.45) is 0 Å². The molecule has 3 heteroatoms. The van der Waals surface area contributed by atoms with Gasteiger partial charge in [0, 0.05) is 23.9 Å². The van der Waals surface area contributed by atoms with E-state index in [2.05, 4.69) is 54.0 Å². The Labute approximate surface area is 113 Å². The Kier molecular flexibility index (Phi) is 4.50. The Hall–Kier alpha value is -1.19. The van der Waals surface area contributed by atoms with Crippen LogP contribution in [0.5, 0.6) is 0 Å². The van der Waals surface area contributed by atoms with Gasteiger partial charge in [-0.2, -0.15) is 11.3 Å². The van der Waals surface area contributed by atoms with Crippen molar-refractivity contribution in [3.05, 3.63) is 52.0 Å². The molecule has 0 aliphatic heterocycles. The maximum atomic E-state index is 4.48. The van der Waals surface area contributed by atoms with Gasteiger partial charge in [-0.05, 0) is 47.5 Å². The normalized spacial score (nSPS) is 14.4. The fourth-order valence-electron chi connectivity index (χ4n) is 2.28. The van der Waals surface area contributed by atoms with Crippen LogP contribution in [0.25, 0.3) is 0 Å². The lowest BCUT2D eigenvalue weighted by Gasteiger charge is -2.24. The first-order valence-electron chi connectivity index (χ1n) is 6.41. The van der Waals surface area contributed by atoms with Crippen LogP contribution in [0, 0.1) is 6.92 Å². The minimum Gasteiger partial charge on any atom is -0.310 e. The minimum absolute atomic E-state index is 0.344. The first-order chi connectivity index (χ1) is 8.74. The van der Waals surface area contributed by atoms with E-state index in [1.54, 1.807) is 11.3 Å². The van der Waals surface area contributed by atoms with Crippen LogP contribution in [0.4, 0.5) is 0 Å². The summed E-state index contributed by atoms with van der Waals surface area (Å²) in [4.78, 5) is 4.48. The maximum absolute atomic E-state index is 4.48. The van der Waals surface area contributed by atoms with Crippen LogP contribution < -0.4 is 5.32 Å². The summed E-state index contributed by atoms with van der Waals surface area (Å²) < 4.78 is 0. The van der Waals surface area contributed by atoms with Gasteiger partial charge >= 0.3 is 0 Å². The van der Waals surface area contributed by atoms with Crippen molar-refractivity contribution in [2.45, 2.75) is 32.7 Å². The van der Waals surface area contributed by atoms with Crippen molar-refractivity contribution >= 4 is 11.3 Å². The molecule has 2 aromatic heterocycles. The van der Waals surface area contributed by atoms with Gasteiger partial charge in [-0.3, -0.25) is 4.98 Å². The summed E-state index contributed by atoms with van der Waals surface area (Å²) >= 11 is 1.77. The van der Waals surface area contributed by atoms with Crippen LogP contribution in [0.3, 0.4) is 0 Å². The highest BCUT2D eigenvalue weighted by Crippen LogP contribution is 2.32. The Balaban J connectivity index is 2.28. The second-order valence-corrected chi connectivity index (χ2v) is 5.33. The fraction of sp³-hybridized carbons (Fsp3) is 0.400. The van der Waals surface area contributed by atoms with E-state index in [-0.39, 0.29) is 0 Å². The number of aromatic nitrogens is 1. The summed E-state index contributed by atoms with van der Waals surface area (Å²) in [5.41, 5.74) is 3.92. The van der Waals surface area contributed by atoms with E-state index in [4.69, 9.17) is 0 Å². The Bertz CT molecular complexity index is 478. The number of likely N-dealkylation sites (N-methyl/N-ethyl adjacent to an activating group) is 1. The van der Waals surface area contributed by atoms with E-state index < -0.39 is 0 Å². The summed E-state index contributed by atoms with van der Waals surface area (Å²) in [6, 6.07) is 6.48. The zero-order valence-electron chi connectivity index (χ0n) is 11.2. The molecule has 0 amide bonds. The zero-order chi connectivity index (χ0) is 13.0. The van der Waals surface area contributed by atoms with E-state index in [9.17, 15) is 0 Å². The highest BCUT2D eigenvalue weighted by atomic mass is 32.1. The van der Waals surface area contributed by atoms with Gasteiger partial charge in [0.25, 0.3) is 0 Å². The molecule has 2 aromatic rings. The maximum Gasteiger partial charge on any atom is 0.0450 e. The van der Waals surface area contributed by atoms with E-state index >= 15 is 0 Å². The predicted molar refractivity (Wildman–Crippen MR) is 78.1 cm³/mol. The van der Waals surface area contributed by atoms with Crippen LogP contribution in [-0.4, -0.2) is 11.5 Å². The lowest BCUT2D eigenvalue weighted by atomic mass is 9.91. The van der Waals surface area contributed by atoms with Gasteiger partial charge in [0.15, 0.2) is 0 Å². The van der Waals surface area contributed by atoms with Gasteiger partial charge in [-0.25, -0.2) is 0 Å². The smallest absolute Gasteiger partial charge is 0.0450 e. The van der Waals surface area contributed by atoms with Crippen molar-refractivity contribution in [3.63, 3.8) is 0 Å². The van der Waals surface area contributed by atoms with Gasteiger partial charge in [-0.1, -0.05) is 19.9 Å². The molecular formula is C15H20N2S. The SMILES string of the molecule is CCNC(c1cscc1C)C(C)c1ccccn1. The topological polar surface area (TPSA) is 24.9 Å². The van der Waals surface area contributed by atoms with Gasteiger partial charge in [0.05, 0.1) is 0 Å². The second-order valence-electron chi connectivity index (χ2n) is 4.59. The molecular weight excluding hydrogens is 240 g/mol. The molecule has 0 saturated carbocycles. The summed E-state index contributed by atoms with van der Waals surface area (Å²) in [6.45, 7) is 7.55. The lowest BCUT2D eigenvalue weighted by molar-refractivity contribution is 0.471. The molecule has 2 nitrogen and oxygen atoms in total. The highest BCUT2D eigenvalue weighted by Gasteiger charge is 2.22. The van der Waals surface area contributed by atoms with Crippen molar-refractivity contribution in [3.8, 4) is 0 Å². The molecule has 0 spiro atoms. The minimum atomic E-state index is 0.344. The number of hydrogen-bond donors (Lipinski definition) is 1. The molecule has 0 fully saturated rings. The van der Waals surface area contributed by atoms with Gasteiger partial charge < -0.3 is 5.32 Å². The molecule has 1 N–H and O–H groups in total. The summed E-state index contributed by atoms with van der Waals surface area (Å²) in [5, 5.41) is 8.06. The van der Waals surface area contributed by atoms with E-state index in [1.807, 2.05) is 12.3 Å². The van der Waals surface area contributed by atoms with E-state index in [0.717, 1.165) is 12.2 Å². The molecule has 0 radical (unpaired) electrons. The molecule has 96 valence electrons. The number of nitrogens with zero attached hydrogens (tertiary/aromatic N) is 1. The molecule has 0 saturated heterocycles. The first kappa shape index (κ1) is 13.2. The number of aryl methyl sites for hydroxylation is 1. The van der Waals surface area contributed by atoms with Crippen molar-refractivity contribution in [1.82, 2.24) is 10.3 Å². The van der Waals surface area contributed by atoms with Gasteiger partial charge in [0.1, 0.15) is 0 Å². The largest absolute Gasteiger partial charge is 0.310 e. The highest BCUT2D eigenvalue weighted by molar-refractivity contribution is 7.08. The third kappa shape index (κ3) is 2.79. The summed E-state index contributed by atoms with van der Waals surface area (Å²) in [6.07, 6.45) is 1.87. The third-order valence-corrected chi connectivity index (χ3v) is 4.19. The third-order valence-electron chi connectivity index (χ3n) is 3.31. The molecule has 0 aromatic carbocycles. The Morgan fingerprint density at radius 1 is 1.33 bits per heavy atom. The summed E-state index contributed by atoms with van der Waals surface area (Å²) in [7, 11) is 0. The van der Waals surface area contributed by atoms with Crippen LogP contribution in [0.2, 0.25) is 0 Å². The molecule has 2 heterocycles. The number of pyridine rings is 1. The van der Waals surface area contributed by atoms with Crippen LogP contribution in [0.15, 0.2) is 35.2 Å². The number of thiophene rings is 1. The molecule has 2 rings (SSSR count). The second kappa shape index (κ2) is 6.12. The monoisotopic (exact) mass is 260 g/mol. The quantitative estimate of drug-likeness (QED) is 0.881.